The summed E-state index contributed by atoms with van der Waals surface area (Å²) < 4.78 is 0. The van der Waals surface area contributed by atoms with Crippen molar-refractivity contribution in [3.63, 3.8) is 0 Å². The van der Waals surface area contributed by atoms with Gasteiger partial charge in [-0.1, -0.05) is 45.0 Å². The van der Waals surface area contributed by atoms with Gasteiger partial charge in [0.05, 0.1) is 0 Å². The smallest absolute Gasteiger partial charge is 0.0326 e. The first-order chi connectivity index (χ1) is 7.00. The monoisotopic (exact) mass is 203 g/mol. The summed E-state index contributed by atoms with van der Waals surface area (Å²) in [5.74, 6) is 0.730. The van der Waals surface area contributed by atoms with Crippen LogP contribution in [0.1, 0.15) is 50.8 Å². The van der Waals surface area contributed by atoms with Crippen LogP contribution in [0.3, 0.4) is 0 Å². The zero-order valence-electron chi connectivity index (χ0n) is 9.96. The summed E-state index contributed by atoms with van der Waals surface area (Å²) in [4.78, 5) is 0. The standard InChI is InChI=1S/C14H21N/c1-14(2,3)12-7-5-4-6-11(12)13(15)10-8-9-10/h4-7,10,13H,8-9,15H2,1-3H3. The quantitative estimate of drug-likeness (QED) is 0.783. The van der Waals surface area contributed by atoms with Gasteiger partial charge in [0.2, 0.25) is 0 Å². The fraction of sp³-hybridized carbons (Fsp3) is 0.571. The SMILES string of the molecule is CC(C)(C)c1ccccc1C(N)C1CC1. The van der Waals surface area contributed by atoms with E-state index in [1.165, 1.54) is 24.0 Å². The van der Waals surface area contributed by atoms with Crippen molar-refractivity contribution >= 4 is 0 Å². The summed E-state index contributed by atoms with van der Waals surface area (Å²) in [7, 11) is 0. The Bertz CT molecular complexity index is 345. The molecule has 2 rings (SSSR count). The van der Waals surface area contributed by atoms with Gasteiger partial charge in [-0.15, -0.1) is 0 Å². The van der Waals surface area contributed by atoms with Crippen molar-refractivity contribution in [2.45, 2.75) is 45.1 Å². The molecule has 0 aliphatic heterocycles. The topological polar surface area (TPSA) is 26.0 Å². The molecule has 15 heavy (non-hydrogen) atoms. The summed E-state index contributed by atoms with van der Waals surface area (Å²) in [6.07, 6.45) is 2.61. The van der Waals surface area contributed by atoms with E-state index >= 15 is 0 Å². The summed E-state index contributed by atoms with van der Waals surface area (Å²) in [5.41, 5.74) is 9.26. The highest BCUT2D eigenvalue weighted by atomic mass is 14.7. The van der Waals surface area contributed by atoms with Crippen LogP contribution in [0, 0.1) is 5.92 Å². The summed E-state index contributed by atoms with van der Waals surface area (Å²) in [6.45, 7) is 6.77. The Morgan fingerprint density at radius 2 is 1.80 bits per heavy atom. The third-order valence-corrected chi connectivity index (χ3v) is 3.26. The van der Waals surface area contributed by atoms with Gasteiger partial charge in [0, 0.05) is 6.04 Å². The molecule has 0 heterocycles. The van der Waals surface area contributed by atoms with Crippen LogP contribution in [0.15, 0.2) is 24.3 Å². The molecule has 2 N–H and O–H groups in total. The van der Waals surface area contributed by atoms with Gasteiger partial charge in [-0.2, -0.15) is 0 Å². The van der Waals surface area contributed by atoms with Gasteiger partial charge in [0.1, 0.15) is 0 Å². The van der Waals surface area contributed by atoms with Crippen LogP contribution >= 0.6 is 0 Å². The van der Waals surface area contributed by atoms with Gasteiger partial charge in [-0.3, -0.25) is 0 Å². The van der Waals surface area contributed by atoms with Gasteiger partial charge in [-0.25, -0.2) is 0 Å². The van der Waals surface area contributed by atoms with Crippen molar-refractivity contribution in [1.82, 2.24) is 0 Å². The molecule has 0 bridgehead atoms. The molecule has 0 radical (unpaired) electrons. The largest absolute Gasteiger partial charge is 0.324 e. The van der Waals surface area contributed by atoms with Crippen LogP contribution in [0.4, 0.5) is 0 Å². The molecule has 1 aromatic carbocycles. The molecule has 1 aromatic rings. The van der Waals surface area contributed by atoms with Gasteiger partial charge >= 0.3 is 0 Å². The lowest BCUT2D eigenvalue weighted by atomic mass is 9.81. The fourth-order valence-electron chi connectivity index (χ4n) is 2.18. The van der Waals surface area contributed by atoms with E-state index < -0.39 is 0 Å². The van der Waals surface area contributed by atoms with E-state index in [2.05, 4.69) is 45.0 Å². The molecule has 1 heteroatoms. The summed E-state index contributed by atoms with van der Waals surface area (Å²) in [5, 5.41) is 0. The first kappa shape index (κ1) is 10.7. The van der Waals surface area contributed by atoms with Gasteiger partial charge in [0.25, 0.3) is 0 Å². The Morgan fingerprint density at radius 1 is 1.20 bits per heavy atom. The van der Waals surface area contributed by atoms with Crippen molar-refractivity contribution in [3.05, 3.63) is 35.4 Å². The van der Waals surface area contributed by atoms with Crippen molar-refractivity contribution in [1.29, 1.82) is 0 Å². The van der Waals surface area contributed by atoms with Crippen LogP contribution < -0.4 is 5.73 Å². The lowest BCUT2D eigenvalue weighted by Crippen LogP contribution is -2.20. The predicted octanol–water partition coefficient (Wildman–Crippen LogP) is 3.39. The molecule has 0 amide bonds. The zero-order chi connectivity index (χ0) is 11.1. The van der Waals surface area contributed by atoms with Crippen molar-refractivity contribution in [2.75, 3.05) is 0 Å². The molecule has 1 aliphatic carbocycles. The highest BCUT2D eigenvalue weighted by Crippen LogP contribution is 2.42. The molecule has 0 saturated heterocycles. The lowest BCUT2D eigenvalue weighted by molar-refractivity contribution is 0.553. The van der Waals surface area contributed by atoms with E-state index in [0.717, 1.165) is 5.92 Å². The average Bonchev–Trinajstić information content (AvgIpc) is 2.98. The van der Waals surface area contributed by atoms with Crippen molar-refractivity contribution in [2.24, 2.45) is 11.7 Å². The third-order valence-electron chi connectivity index (χ3n) is 3.26. The molecule has 1 fully saturated rings. The third kappa shape index (κ3) is 2.23. The Balaban J connectivity index is 2.37. The first-order valence-electron chi connectivity index (χ1n) is 5.85. The van der Waals surface area contributed by atoms with Crippen LogP contribution in [0.2, 0.25) is 0 Å². The summed E-state index contributed by atoms with van der Waals surface area (Å²) in [6, 6.07) is 8.89. The van der Waals surface area contributed by atoms with Crippen molar-refractivity contribution < 1.29 is 0 Å². The van der Waals surface area contributed by atoms with Crippen LogP contribution in [-0.4, -0.2) is 0 Å². The molecule has 0 spiro atoms. The molecule has 1 unspecified atom stereocenters. The second kappa shape index (κ2) is 3.64. The number of nitrogens with two attached hydrogens (primary N) is 1. The average molecular weight is 203 g/mol. The van der Waals surface area contributed by atoms with E-state index in [0.29, 0.717) is 0 Å². The second-order valence-electron chi connectivity index (χ2n) is 5.70. The number of hydrogen-bond acceptors (Lipinski definition) is 1. The molecule has 82 valence electrons. The maximum atomic E-state index is 6.30. The minimum Gasteiger partial charge on any atom is -0.324 e. The fourth-order valence-corrected chi connectivity index (χ4v) is 2.18. The number of rotatable bonds is 2. The van der Waals surface area contributed by atoms with Gasteiger partial charge in [-0.05, 0) is 35.3 Å². The van der Waals surface area contributed by atoms with E-state index in [-0.39, 0.29) is 11.5 Å². The van der Waals surface area contributed by atoms with Crippen LogP contribution in [0.5, 0.6) is 0 Å². The lowest BCUT2D eigenvalue weighted by Gasteiger charge is -2.25. The molecule has 1 nitrogen and oxygen atoms in total. The molecule has 1 saturated carbocycles. The van der Waals surface area contributed by atoms with E-state index in [1.807, 2.05) is 0 Å². The Labute approximate surface area is 92.7 Å². The minimum atomic E-state index is 0.198. The van der Waals surface area contributed by atoms with E-state index in [4.69, 9.17) is 5.73 Å². The van der Waals surface area contributed by atoms with Crippen molar-refractivity contribution in [3.8, 4) is 0 Å². The van der Waals surface area contributed by atoms with E-state index in [9.17, 15) is 0 Å². The number of hydrogen-bond donors (Lipinski definition) is 1. The zero-order valence-corrected chi connectivity index (χ0v) is 9.96. The van der Waals surface area contributed by atoms with Gasteiger partial charge in [0.15, 0.2) is 0 Å². The summed E-state index contributed by atoms with van der Waals surface area (Å²) >= 11 is 0. The molecule has 1 atom stereocenters. The molecular formula is C14H21N. The molecule has 1 aliphatic rings. The second-order valence-corrected chi connectivity index (χ2v) is 5.70. The van der Waals surface area contributed by atoms with Gasteiger partial charge < -0.3 is 5.73 Å². The Morgan fingerprint density at radius 3 is 2.33 bits per heavy atom. The van der Waals surface area contributed by atoms with Crippen LogP contribution in [0.25, 0.3) is 0 Å². The molecular weight excluding hydrogens is 182 g/mol. The Kier molecular flexibility index (Phi) is 2.59. The predicted molar refractivity (Wildman–Crippen MR) is 64.8 cm³/mol. The Hall–Kier alpha value is -0.820. The first-order valence-corrected chi connectivity index (χ1v) is 5.85. The number of benzene rings is 1. The normalized spacial score (nSPS) is 18.9. The highest BCUT2D eigenvalue weighted by molar-refractivity contribution is 5.35. The highest BCUT2D eigenvalue weighted by Gasteiger charge is 2.32. The van der Waals surface area contributed by atoms with Crippen LogP contribution in [-0.2, 0) is 5.41 Å². The minimum absolute atomic E-state index is 0.198. The maximum absolute atomic E-state index is 6.30. The molecule has 0 aromatic heterocycles. The maximum Gasteiger partial charge on any atom is 0.0326 e. The van der Waals surface area contributed by atoms with E-state index in [1.54, 1.807) is 0 Å².